The zero-order valence-electron chi connectivity index (χ0n) is 18.4. The largest absolute Gasteiger partial charge is 0.465 e. The van der Waals surface area contributed by atoms with Crippen LogP contribution in [0.25, 0.3) is 16.9 Å². The molecule has 1 fully saturated rings. The van der Waals surface area contributed by atoms with Crippen LogP contribution in [0.5, 0.6) is 0 Å². The number of morpholine rings is 1. The molecule has 4 rings (SSSR count). The number of aromatic nitrogens is 2. The molecule has 0 radical (unpaired) electrons. The Hall–Kier alpha value is -3.56. The summed E-state index contributed by atoms with van der Waals surface area (Å²) in [6.45, 7) is 3.16. The van der Waals surface area contributed by atoms with Gasteiger partial charge in [-0.15, -0.1) is 0 Å². The Morgan fingerprint density at radius 1 is 1.03 bits per heavy atom. The molecule has 2 heterocycles. The summed E-state index contributed by atoms with van der Waals surface area (Å²) in [6, 6.07) is 13.5. The fourth-order valence-corrected chi connectivity index (χ4v) is 3.78. The molecule has 0 atom stereocenters. The van der Waals surface area contributed by atoms with Gasteiger partial charge in [0.25, 0.3) is 0 Å². The predicted octanol–water partition coefficient (Wildman–Crippen LogP) is 3.08. The van der Waals surface area contributed by atoms with Crippen LogP contribution in [0.4, 0.5) is 4.39 Å². The Balaban J connectivity index is 1.81. The maximum Gasteiger partial charge on any atom is 0.357 e. The third-order valence-corrected chi connectivity index (χ3v) is 5.48. The van der Waals surface area contributed by atoms with Crippen molar-refractivity contribution in [2.45, 2.75) is 6.54 Å². The molecule has 1 saturated heterocycles. The lowest BCUT2D eigenvalue weighted by atomic mass is 10.0. The topological polar surface area (TPSA) is 82.9 Å². The second-order valence-electron chi connectivity index (χ2n) is 7.50. The van der Waals surface area contributed by atoms with E-state index >= 15 is 4.39 Å². The summed E-state index contributed by atoms with van der Waals surface area (Å²) in [4.78, 5) is 27.5. The number of benzene rings is 2. The molecule has 0 bridgehead atoms. The maximum atomic E-state index is 15.1. The van der Waals surface area contributed by atoms with Crippen molar-refractivity contribution in [2.75, 3.05) is 40.5 Å². The Labute approximate surface area is 190 Å². The minimum atomic E-state index is -0.773. The number of hydrogen-bond donors (Lipinski definition) is 0. The van der Waals surface area contributed by atoms with Crippen LogP contribution in [0.15, 0.2) is 48.5 Å². The van der Waals surface area contributed by atoms with E-state index < -0.39 is 17.8 Å². The zero-order chi connectivity index (χ0) is 23.4. The summed E-state index contributed by atoms with van der Waals surface area (Å²) >= 11 is 0. The quantitative estimate of drug-likeness (QED) is 0.531. The van der Waals surface area contributed by atoms with Crippen LogP contribution >= 0.6 is 0 Å². The van der Waals surface area contributed by atoms with E-state index in [0.717, 1.165) is 13.1 Å². The van der Waals surface area contributed by atoms with Crippen molar-refractivity contribution in [3.05, 3.63) is 71.2 Å². The van der Waals surface area contributed by atoms with Gasteiger partial charge in [0.2, 0.25) is 0 Å². The number of para-hydroxylation sites is 1. The molecule has 1 aliphatic heterocycles. The highest BCUT2D eigenvalue weighted by Crippen LogP contribution is 2.30. The van der Waals surface area contributed by atoms with E-state index in [2.05, 4.69) is 10.00 Å². The fourth-order valence-electron chi connectivity index (χ4n) is 3.78. The molecule has 8 nitrogen and oxygen atoms in total. The molecule has 2 aromatic carbocycles. The predicted molar refractivity (Wildman–Crippen MR) is 118 cm³/mol. The van der Waals surface area contributed by atoms with Gasteiger partial charge in [0.15, 0.2) is 5.69 Å². The van der Waals surface area contributed by atoms with Gasteiger partial charge in [-0.25, -0.2) is 18.7 Å². The van der Waals surface area contributed by atoms with Crippen LogP contribution in [0.2, 0.25) is 0 Å². The van der Waals surface area contributed by atoms with Crippen molar-refractivity contribution in [1.29, 1.82) is 0 Å². The number of esters is 2. The van der Waals surface area contributed by atoms with Gasteiger partial charge >= 0.3 is 11.9 Å². The third-order valence-electron chi connectivity index (χ3n) is 5.48. The van der Waals surface area contributed by atoms with Crippen LogP contribution in [0, 0.1) is 5.82 Å². The molecule has 1 aliphatic rings. The second-order valence-corrected chi connectivity index (χ2v) is 7.50. The molecule has 0 N–H and O–H groups in total. The van der Waals surface area contributed by atoms with Gasteiger partial charge in [-0.05, 0) is 18.2 Å². The van der Waals surface area contributed by atoms with Gasteiger partial charge in [0.1, 0.15) is 17.1 Å². The first-order valence-corrected chi connectivity index (χ1v) is 10.5. The fraction of sp³-hybridized carbons (Fsp3) is 0.292. The van der Waals surface area contributed by atoms with E-state index in [1.54, 1.807) is 36.4 Å². The SMILES string of the molecule is COC(=O)c1c(-c2ccc(CN3CCOCC3)c(F)c2)nn(-c2ccccc2)c1C(=O)OC. The van der Waals surface area contributed by atoms with Gasteiger partial charge in [0, 0.05) is 30.8 Å². The first-order valence-electron chi connectivity index (χ1n) is 10.5. The van der Waals surface area contributed by atoms with Gasteiger partial charge in [-0.2, -0.15) is 5.10 Å². The molecule has 9 heteroatoms. The molecule has 0 aliphatic carbocycles. The van der Waals surface area contributed by atoms with Crippen LogP contribution in [0.3, 0.4) is 0 Å². The summed E-state index contributed by atoms with van der Waals surface area (Å²) in [5.41, 5.74) is 1.35. The number of rotatable bonds is 6. The van der Waals surface area contributed by atoms with Crippen LogP contribution in [-0.2, 0) is 20.8 Å². The molecule has 0 unspecified atom stereocenters. The van der Waals surface area contributed by atoms with E-state index in [-0.39, 0.29) is 17.0 Å². The van der Waals surface area contributed by atoms with Crippen molar-refractivity contribution in [3.8, 4) is 16.9 Å². The van der Waals surface area contributed by atoms with E-state index in [0.29, 0.717) is 36.6 Å². The van der Waals surface area contributed by atoms with Crippen LogP contribution < -0.4 is 0 Å². The third kappa shape index (κ3) is 4.64. The van der Waals surface area contributed by atoms with E-state index in [1.807, 2.05) is 6.07 Å². The van der Waals surface area contributed by atoms with Crippen molar-refractivity contribution in [2.24, 2.45) is 0 Å². The summed E-state index contributed by atoms with van der Waals surface area (Å²) < 4.78 is 31.6. The summed E-state index contributed by atoms with van der Waals surface area (Å²) in [5.74, 6) is -1.96. The average Bonchev–Trinajstić information content (AvgIpc) is 3.26. The maximum absolute atomic E-state index is 15.1. The molecule has 33 heavy (non-hydrogen) atoms. The highest BCUT2D eigenvalue weighted by molar-refractivity contribution is 6.06. The van der Waals surface area contributed by atoms with Gasteiger partial charge in [-0.3, -0.25) is 4.90 Å². The van der Waals surface area contributed by atoms with Crippen molar-refractivity contribution in [3.63, 3.8) is 0 Å². The standard InChI is InChI=1S/C24H24FN3O5/c1-31-23(29)20-21(26-28(22(20)24(30)32-2)18-6-4-3-5-7-18)16-8-9-17(19(25)14-16)15-27-10-12-33-13-11-27/h3-9,14H,10-13,15H2,1-2H3. The van der Waals surface area contributed by atoms with Gasteiger partial charge in [0.05, 0.1) is 33.1 Å². The number of hydrogen-bond acceptors (Lipinski definition) is 7. The number of nitrogens with zero attached hydrogens (tertiary/aromatic N) is 3. The molecule has 1 aromatic heterocycles. The summed E-state index contributed by atoms with van der Waals surface area (Å²) in [5, 5.41) is 4.50. The van der Waals surface area contributed by atoms with E-state index in [9.17, 15) is 9.59 Å². The Morgan fingerprint density at radius 3 is 2.36 bits per heavy atom. The normalized spacial score (nSPS) is 14.2. The minimum absolute atomic E-state index is 0.0893. The molecule has 3 aromatic rings. The summed E-state index contributed by atoms with van der Waals surface area (Å²) in [6.07, 6.45) is 0. The minimum Gasteiger partial charge on any atom is -0.465 e. The highest BCUT2D eigenvalue weighted by atomic mass is 19.1. The summed E-state index contributed by atoms with van der Waals surface area (Å²) in [7, 11) is 2.42. The number of methoxy groups -OCH3 is 2. The number of carbonyl (C=O) groups is 2. The molecule has 0 saturated carbocycles. The number of ether oxygens (including phenoxy) is 3. The van der Waals surface area contributed by atoms with Gasteiger partial charge in [-0.1, -0.05) is 30.3 Å². The van der Waals surface area contributed by atoms with Crippen molar-refractivity contribution in [1.82, 2.24) is 14.7 Å². The lowest BCUT2D eigenvalue weighted by molar-refractivity contribution is 0.0337. The highest BCUT2D eigenvalue weighted by Gasteiger charge is 2.31. The first-order chi connectivity index (χ1) is 16.0. The number of carbonyl (C=O) groups excluding carboxylic acids is 2. The van der Waals surface area contributed by atoms with Gasteiger partial charge < -0.3 is 14.2 Å². The second kappa shape index (κ2) is 9.93. The molecule has 172 valence electrons. The monoisotopic (exact) mass is 453 g/mol. The molecule has 0 amide bonds. The number of halogens is 1. The van der Waals surface area contributed by atoms with Crippen molar-refractivity contribution >= 4 is 11.9 Å². The molecular formula is C24H24FN3O5. The van der Waals surface area contributed by atoms with Crippen molar-refractivity contribution < 1.29 is 28.2 Å². The smallest absolute Gasteiger partial charge is 0.357 e. The van der Waals surface area contributed by atoms with E-state index in [1.165, 1.54) is 25.0 Å². The lowest BCUT2D eigenvalue weighted by Gasteiger charge is -2.26. The average molecular weight is 453 g/mol. The van der Waals surface area contributed by atoms with E-state index in [4.69, 9.17) is 14.2 Å². The zero-order valence-corrected chi connectivity index (χ0v) is 18.4. The first kappa shape index (κ1) is 22.6. The molecule has 0 spiro atoms. The van der Waals surface area contributed by atoms with Crippen LogP contribution in [0.1, 0.15) is 26.4 Å². The van der Waals surface area contributed by atoms with Crippen LogP contribution in [-0.4, -0.2) is 67.1 Å². The Morgan fingerprint density at radius 2 is 1.73 bits per heavy atom. The Bertz CT molecular complexity index is 1160. The Kier molecular flexibility index (Phi) is 6.81. The molecular weight excluding hydrogens is 429 g/mol. The lowest BCUT2D eigenvalue weighted by Crippen LogP contribution is -2.35.